The highest BCUT2D eigenvalue weighted by molar-refractivity contribution is 6.05. The van der Waals surface area contributed by atoms with Gasteiger partial charge in [0.25, 0.3) is 5.91 Å². The molecule has 1 amide bonds. The van der Waals surface area contributed by atoms with Crippen molar-refractivity contribution in [2.75, 3.05) is 43.9 Å². The summed E-state index contributed by atoms with van der Waals surface area (Å²) in [4.78, 5) is 28.1. The molecule has 1 saturated heterocycles. The molecule has 0 aliphatic carbocycles. The number of hydrogen-bond acceptors (Lipinski definition) is 7. The Balaban J connectivity index is 1.20. The lowest BCUT2D eigenvalue weighted by Gasteiger charge is -2.21. The van der Waals surface area contributed by atoms with Gasteiger partial charge in [0, 0.05) is 67.3 Å². The third kappa shape index (κ3) is 5.82. The van der Waals surface area contributed by atoms with Crippen LogP contribution in [-0.2, 0) is 25.7 Å². The summed E-state index contributed by atoms with van der Waals surface area (Å²) in [5, 5.41) is 10.8. The van der Waals surface area contributed by atoms with E-state index in [1.54, 1.807) is 6.07 Å². The van der Waals surface area contributed by atoms with Crippen molar-refractivity contribution in [2.45, 2.75) is 45.1 Å². The van der Waals surface area contributed by atoms with Crippen molar-refractivity contribution >= 4 is 28.3 Å². The maximum Gasteiger partial charge on any atom is 0.433 e. The van der Waals surface area contributed by atoms with Crippen LogP contribution >= 0.6 is 0 Å². The van der Waals surface area contributed by atoms with Gasteiger partial charge in [-0.1, -0.05) is 6.07 Å². The first-order valence-electron chi connectivity index (χ1n) is 14.0. The van der Waals surface area contributed by atoms with Gasteiger partial charge in [-0.2, -0.15) is 18.3 Å². The Morgan fingerprint density at radius 1 is 1.14 bits per heavy atom. The van der Waals surface area contributed by atoms with Crippen LogP contribution in [0.15, 0.2) is 42.6 Å². The number of carbonyl (C=O) groups excluding carboxylic acids is 1. The Morgan fingerprint density at radius 2 is 1.98 bits per heavy atom. The fraction of sp³-hybridized carbons (Fsp3) is 0.400. The Morgan fingerprint density at radius 3 is 2.74 bits per heavy atom. The van der Waals surface area contributed by atoms with Crippen LogP contribution < -0.4 is 10.2 Å². The van der Waals surface area contributed by atoms with Crippen molar-refractivity contribution in [1.82, 2.24) is 30.0 Å². The van der Waals surface area contributed by atoms with Gasteiger partial charge >= 0.3 is 6.18 Å². The number of benzene rings is 1. The molecule has 2 N–H and O–H groups in total. The molecule has 1 unspecified atom stereocenters. The number of aromatic amines is 1. The van der Waals surface area contributed by atoms with E-state index < -0.39 is 17.8 Å². The number of amides is 1. The molecule has 0 saturated carbocycles. The summed E-state index contributed by atoms with van der Waals surface area (Å²) >= 11 is 0. The van der Waals surface area contributed by atoms with Gasteiger partial charge in [0.05, 0.1) is 11.4 Å². The molecule has 5 heterocycles. The standard InChI is InChI=1S/C30H33F3N8O/c1-18-25-10-19(14-34-28(25)38-37-18)15-41-9-6-20-4-5-21(11-26(20)41)29(42)36-22-12-23(35-27(13-22)30(31,32)33)16-40-8-7-24(17-40)39(2)3/h4-5,10-14,24H,6-9,15-17H2,1-3H3,(H,34,37,38)(H,35,36,42). The Bertz CT molecular complexity index is 1630. The zero-order valence-corrected chi connectivity index (χ0v) is 23.8. The fourth-order valence-electron chi connectivity index (χ4n) is 5.82. The predicted octanol–water partition coefficient (Wildman–Crippen LogP) is 4.63. The number of aromatic nitrogens is 4. The number of alkyl halides is 3. The number of likely N-dealkylation sites (tertiary alicyclic amines) is 1. The van der Waals surface area contributed by atoms with E-state index in [-0.39, 0.29) is 17.9 Å². The quantitative estimate of drug-likeness (QED) is 0.330. The maximum absolute atomic E-state index is 13.7. The van der Waals surface area contributed by atoms with E-state index >= 15 is 0 Å². The van der Waals surface area contributed by atoms with E-state index in [9.17, 15) is 18.0 Å². The van der Waals surface area contributed by atoms with E-state index in [0.717, 1.165) is 72.1 Å². The number of H-pyrrole nitrogens is 1. The highest BCUT2D eigenvalue weighted by Gasteiger charge is 2.34. The highest BCUT2D eigenvalue weighted by Crippen LogP contribution is 2.33. The van der Waals surface area contributed by atoms with E-state index in [1.165, 1.54) is 6.07 Å². The Labute approximate surface area is 241 Å². The van der Waals surface area contributed by atoms with Crippen molar-refractivity contribution in [3.63, 3.8) is 0 Å². The molecule has 4 aromatic rings. The van der Waals surface area contributed by atoms with Crippen molar-refractivity contribution < 1.29 is 18.0 Å². The Kier molecular flexibility index (Phi) is 7.36. The second-order valence-electron chi connectivity index (χ2n) is 11.4. The fourth-order valence-corrected chi connectivity index (χ4v) is 5.82. The molecular weight excluding hydrogens is 545 g/mol. The molecule has 6 rings (SSSR count). The van der Waals surface area contributed by atoms with E-state index in [0.29, 0.717) is 18.2 Å². The number of carbonyl (C=O) groups is 1. The summed E-state index contributed by atoms with van der Waals surface area (Å²) in [6.45, 7) is 5.14. The molecular formula is C30H33F3N8O. The third-order valence-corrected chi connectivity index (χ3v) is 8.17. The van der Waals surface area contributed by atoms with Crippen molar-refractivity contribution in [3.05, 3.63) is 76.4 Å². The number of anilines is 2. The summed E-state index contributed by atoms with van der Waals surface area (Å²) in [6, 6.07) is 10.3. The minimum Gasteiger partial charge on any atom is -0.367 e. The molecule has 0 bridgehead atoms. The van der Waals surface area contributed by atoms with Crippen molar-refractivity contribution in [1.29, 1.82) is 0 Å². The van der Waals surface area contributed by atoms with E-state index in [1.807, 2.05) is 39.3 Å². The minimum absolute atomic E-state index is 0.0768. The van der Waals surface area contributed by atoms with E-state index in [4.69, 9.17) is 0 Å². The number of nitrogens with zero attached hydrogens (tertiary/aromatic N) is 6. The number of likely N-dealkylation sites (N-methyl/N-ethyl adjacent to an activating group) is 1. The normalized spacial score (nSPS) is 17.4. The molecule has 42 heavy (non-hydrogen) atoms. The average Bonchev–Trinajstić information content (AvgIpc) is 3.67. The zero-order valence-electron chi connectivity index (χ0n) is 23.8. The smallest absolute Gasteiger partial charge is 0.367 e. The van der Waals surface area contributed by atoms with Gasteiger partial charge in [0.1, 0.15) is 5.69 Å². The van der Waals surface area contributed by atoms with Crippen LogP contribution in [0.3, 0.4) is 0 Å². The monoisotopic (exact) mass is 578 g/mol. The van der Waals surface area contributed by atoms with E-state index in [2.05, 4.69) is 46.2 Å². The lowest BCUT2D eigenvalue weighted by atomic mass is 10.1. The van der Waals surface area contributed by atoms with Gasteiger partial charge in [-0.15, -0.1) is 0 Å². The molecule has 220 valence electrons. The Hall–Kier alpha value is -4.03. The number of pyridine rings is 2. The second kappa shape index (κ2) is 11.0. The SMILES string of the molecule is Cc1n[nH]c2ncc(CN3CCc4ccc(C(=O)Nc5cc(CN6CCC(N(C)C)C6)nc(C(F)(F)F)c5)cc43)cc12. The molecule has 1 aromatic carbocycles. The predicted molar refractivity (Wildman–Crippen MR) is 154 cm³/mol. The summed E-state index contributed by atoms with van der Waals surface area (Å²) in [5.41, 5.74) is 4.40. The average molecular weight is 579 g/mol. The largest absolute Gasteiger partial charge is 0.433 e. The van der Waals surface area contributed by atoms with Gasteiger partial charge in [-0.3, -0.25) is 14.8 Å². The molecule has 9 nitrogen and oxygen atoms in total. The molecule has 0 radical (unpaired) electrons. The maximum atomic E-state index is 13.7. The second-order valence-corrected chi connectivity index (χ2v) is 11.4. The van der Waals surface area contributed by atoms with Gasteiger partial charge in [0.2, 0.25) is 0 Å². The van der Waals surface area contributed by atoms with Crippen molar-refractivity contribution in [2.24, 2.45) is 0 Å². The molecule has 12 heteroatoms. The number of fused-ring (bicyclic) bond motifs is 2. The van der Waals surface area contributed by atoms with Gasteiger partial charge in [0.15, 0.2) is 5.65 Å². The first-order valence-corrected chi connectivity index (χ1v) is 14.0. The molecule has 1 atom stereocenters. The van der Waals surface area contributed by atoms with Crippen molar-refractivity contribution in [3.8, 4) is 0 Å². The molecule has 3 aromatic heterocycles. The summed E-state index contributed by atoms with van der Waals surface area (Å²) in [7, 11) is 4.00. The number of nitrogens with one attached hydrogen (secondary N) is 2. The van der Waals surface area contributed by atoms with Crippen LogP contribution in [0, 0.1) is 6.92 Å². The zero-order chi connectivity index (χ0) is 29.6. The summed E-state index contributed by atoms with van der Waals surface area (Å²) < 4.78 is 41.2. The summed E-state index contributed by atoms with van der Waals surface area (Å²) in [5.74, 6) is -0.471. The highest BCUT2D eigenvalue weighted by atomic mass is 19.4. The first kappa shape index (κ1) is 28.1. The number of aryl methyl sites for hydroxylation is 1. The third-order valence-electron chi connectivity index (χ3n) is 8.17. The summed E-state index contributed by atoms with van der Waals surface area (Å²) in [6.07, 6.45) is -1.03. The molecule has 2 aliphatic heterocycles. The van der Waals surface area contributed by atoms with Crippen LogP contribution in [0.4, 0.5) is 24.5 Å². The molecule has 0 spiro atoms. The van der Waals surface area contributed by atoms with Crippen LogP contribution in [0.2, 0.25) is 0 Å². The minimum atomic E-state index is -4.63. The lowest BCUT2D eigenvalue weighted by molar-refractivity contribution is -0.141. The van der Waals surface area contributed by atoms with Gasteiger partial charge < -0.3 is 15.1 Å². The topological polar surface area (TPSA) is 93.3 Å². The number of halogens is 3. The lowest BCUT2D eigenvalue weighted by Crippen LogP contribution is -2.31. The molecule has 2 aliphatic rings. The number of hydrogen-bond donors (Lipinski definition) is 2. The van der Waals surface area contributed by atoms with Crippen LogP contribution in [0.1, 0.15) is 45.0 Å². The molecule has 1 fully saturated rings. The number of rotatable bonds is 7. The van der Waals surface area contributed by atoms with Crippen LogP contribution in [-0.4, -0.2) is 75.6 Å². The van der Waals surface area contributed by atoms with Gasteiger partial charge in [-0.25, -0.2) is 9.97 Å². The van der Waals surface area contributed by atoms with Gasteiger partial charge in [-0.05, 0) is 75.3 Å². The first-order chi connectivity index (χ1) is 20.0. The van der Waals surface area contributed by atoms with Crippen LogP contribution in [0.25, 0.3) is 11.0 Å². The van der Waals surface area contributed by atoms with Crippen LogP contribution in [0.5, 0.6) is 0 Å².